The number of hydrogen-bond donors (Lipinski definition) is 1. The molecular weight excluding hydrogens is 439 g/mol. The lowest BCUT2D eigenvalue weighted by Gasteiger charge is -2.20. The molecule has 3 heterocycles. The van der Waals surface area contributed by atoms with E-state index in [1.807, 2.05) is 0 Å². The molecule has 0 unspecified atom stereocenters. The minimum atomic E-state index is -0.400. The van der Waals surface area contributed by atoms with Crippen LogP contribution >= 0.6 is 0 Å². The third-order valence-corrected chi connectivity index (χ3v) is 5.97. The minimum absolute atomic E-state index is 0.0306. The van der Waals surface area contributed by atoms with Gasteiger partial charge in [0.1, 0.15) is 11.5 Å². The molecule has 0 bridgehead atoms. The molecule has 34 heavy (non-hydrogen) atoms. The summed E-state index contributed by atoms with van der Waals surface area (Å²) in [5, 5.41) is 8.74. The van der Waals surface area contributed by atoms with E-state index in [1.54, 1.807) is 53.4 Å². The second-order valence-corrected chi connectivity index (χ2v) is 8.20. The largest absolute Gasteiger partial charge is 0.344 e. The number of hydrogen-bond acceptors (Lipinski definition) is 5. The number of benzene rings is 2. The highest BCUT2D eigenvalue weighted by Gasteiger charge is 2.22. The standard InChI is InChI=1S/C24H21FN6O3/c1-29-10-11-30(9-8-22(29)32)24(34)15-2-5-18(6-3-15)31-14-21(27-28-31)19-13-16-12-17(25)4-7-20(16)26-23(19)33/h2-7,12-14H,8-11H2,1H3,(H,26,33). The summed E-state index contributed by atoms with van der Waals surface area (Å²) >= 11 is 0. The third kappa shape index (κ3) is 4.05. The Balaban J connectivity index is 1.37. The quantitative estimate of drug-likeness (QED) is 0.505. The zero-order chi connectivity index (χ0) is 23.8. The van der Waals surface area contributed by atoms with Crippen LogP contribution < -0.4 is 5.56 Å². The van der Waals surface area contributed by atoms with Gasteiger partial charge in [-0.25, -0.2) is 9.07 Å². The summed E-state index contributed by atoms with van der Waals surface area (Å²) in [6.45, 7) is 1.38. The van der Waals surface area contributed by atoms with Gasteiger partial charge in [-0.15, -0.1) is 5.10 Å². The van der Waals surface area contributed by atoms with Crippen LogP contribution in [0.3, 0.4) is 0 Å². The van der Waals surface area contributed by atoms with Gasteiger partial charge in [-0.05, 0) is 48.5 Å². The zero-order valence-corrected chi connectivity index (χ0v) is 18.4. The summed E-state index contributed by atoms with van der Waals surface area (Å²) in [4.78, 5) is 43.3. The number of nitrogens with zero attached hydrogens (tertiary/aromatic N) is 5. The Morgan fingerprint density at radius 3 is 2.62 bits per heavy atom. The lowest BCUT2D eigenvalue weighted by Crippen LogP contribution is -2.34. The summed E-state index contributed by atoms with van der Waals surface area (Å²) < 4.78 is 15.1. The molecule has 0 saturated carbocycles. The summed E-state index contributed by atoms with van der Waals surface area (Å²) in [7, 11) is 1.74. The van der Waals surface area contributed by atoms with Crippen LogP contribution in [0.1, 0.15) is 16.8 Å². The molecule has 0 atom stereocenters. The molecule has 2 aromatic heterocycles. The molecule has 4 aromatic rings. The molecule has 172 valence electrons. The van der Waals surface area contributed by atoms with Crippen LogP contribution in [-0.2, 0) is 4.79 Å². The third-order valence-electron chi connectivity index (χ3n) is 5.97. The highest BCUT2D eigenvalue weighted by atomic mass is 19.1. The predicted octanol–water partition coefficient (Wildman–Crippen LogP) is 2.22. The number of nitrogens with one attached hydrogen (secondary N) is 1. The van der Waals surface area contributed by atoms with E-state index < -0.39 is 5.82 Å². The van der Waals surface area contributed by atoms with Gasteiger partial charge in [0.05, 0.1) is 17.4 Å². The lowest BCUT2D eigenvalue weighted by atomic mass is 10.1. The maximum atomic E-state index is 13.6. The van der Waals surface area contributed by atoms with Crippen LogP contribution in [0.25, 0.3) is 27.8 Å². The highest BCUT2D eigenvalue weighted by molar-refractivity contribution is 5.95. The monoisotopic (exact) mass is 460 g/mol. The minimum Gasteiger partial charge on any atom is -0.344 e. The van der Waals surface area contributed by atoms with Crippen molar-refractivity contribution < 1.29 is 14.0 Å². The van der Waals surface area contributed by atoms with E-state index in [4.69, 9.17) is 0 Å². The van der Waals surface area contributed by atoms with Crippen molar-refractivity contribution in [3.63, 3.8) is 0 Å². The van der Waals surface area contributed by atoms with Gasteiger partial charge in [-0.1, -0.05) is 5.21 Å². The number of amides is 2. The molecule has 1 aliphatic rings. The predicted molar refractivity (Wildman–Crippen MR) is 123 cm³/mol. The smallest absolute Gasteiger partial charge is 0.258 e. The molecule has 0 spiro atoms. The van der Waals surface area contributed by atoms with E-state index in [0.717, 1.165) is 0 Å². The first-order chi connectivity index (χ1) is 16.4. The molecule has 10 heteroatoms. The summed E-state index contributed by atoms with van der Waals surface area (Å²) in [6.07, 6.45) is 1.91. The number of carbonyl (C=O) groups is 2. The first-order valence-electron chi connectivity index (χ1n) is 10.8. The maximum absolute atomic E-state index is 13.6. The summed E-state index contributed by atoms with van der Waals surface area (Å²) in [5.74, 6) is -0.505. The number of likely N-dealkylation sites (N-methyl/N-ethyl adjacent to an activating group) is 1. The first-order valence-corrected chi connectivity index (χ1v) is 10.8. The van der Waals surface area contributed by atoms with Crippen LogP contribution in [0.2, 0.25) is 0 Å². The van der Waals surface area contributed by atoms with E-state index in [-0.39, 0.29) is 22.9 Å². The number of fused-ring (bicyclic) bond motifs is 1. The van der Waals surface area contributed by atoms with E-state index in [9.17, 15) is 18.8 Å². The van der Waals surface area contributed by atoms with Crippen molar-refractivity contribution in [1.29, 1.82) is 0 Å². The van der Waals surface area contributed by atoms with Gasteiger partial charge in [0.25, 0.3) is 11.5 Å². The number of H-pyrrole nitrogens is 1. The van der Waals surface area contributed by atoms with Gasteiger partial charge in [0.15, 0.2) is 0 Å². The van der Waals surface area contributed by atoms with Crippen LogP contribution in [0.15, 0.2) is 59.5 Å². The van der Waals surface area contributed by atoms with Gasteiger partial charge in [0, 0.05) is 49.6 Å². The van der Waals surface area contributed by atoms with Crippen LogP contribution in [0, 0.1) is 5.82 Å². The molecule has 1 aliphatic heterocycles. The average Bonchev–Trinajstić information content (AvgIpc) is 3.26. The van der Waals surface area contributed by atoms with Crippen LogP contribution in [-0.4, -0.2) is 68.3 Å². The topological polar surface area (TPSA) is 104 Å². The van der Waals surface area contributed by atoms with Crippen molar-refractivity contribution in [2.24, 2.45) is 0 Å². The number of pyridine rings is 1. The fourth-order valence-electron chi connectivity index (χ4n) is 3.95. The van der Waals surface area contributed by atoms with Crippen molar-refractivity contribution in [2.75, 3.05) is 26.7 Å². The molecule has 2 amide bonds. The molecule has 1 saturated heterocycles. The van der Waals surface area contributed by atoms with Gasteiger partial charge in [-0.3, -0.25) is 14.4 Å². The number of aromatic nitrogens is 4. The second-order valence-electron chi connectivity index (χ2n) is 8.20. The SMILES string of the molecule is CN1CCN(C(=O)c2ccc(-n3cc(-c4cc5cc(F)ccc5[nH]c4=O)nn3)cc2)CCC1=O. The van der Waals surface area contributed by atoms with Crippen molar-refractivity contribution in [3.8, 4) is 16.9 Å². The van der Waals surface area contributed by atoms with E-state index in [0.29, 0.717) is 53.9 Å². The summed E-state index contributed by atoms with van der Waals surface area (Å²) in [6, 6.07) is 12.6. The van der Waals surface area contributed by atoms with Crippen molar-refractivity contribution in [1.82, 2.24) is 29.8 Å². The van der Waals surface area contributed by atoms with E-state index >= 15 is 0 Å². The highest BCUT2D eigenvalue weighted by Crippen LogP contribution is 2.20. The number of carbonyl (C=O) groups excluding carboxylic acids is 2. The van der Waals surface area contributed by atoms with Crippen molar-refractivity contribution in [3.05, 3.63) is 76.5 Å². The van der Waals surface area contributed by atoms with Gasteiger partial charge >= 0.3 is 0 Å². The molecule has 0 aliphatic carbocycles. The zero-order valence-electron chi connectivity index (χ0n) is 18.4. The van der Waals surface area contributed by atoms with Crippen molar-refractivity contribution >= 4 is 22.7 Å². The Morgan fingerprint density at radius 1 is 1.03 bits per heavy atom. The van der Waals surface area contributed by atoms with E-state index in [1.165, 1.54) is 22.9 Å². The van der Waals surface area contributed by atoms with E-state index in [2.05, 4.69) is 15.3 Å². The fraction of sp³-hybridized carbons (Fsp3) is 0.208. The molecule has 9 nitrogen and oxygen atoms in total. The average molecular weight is 460 g/mol. The van der Waals surface area contributed by atoms with Gasteiger partial charge < -0.3 is 14.8 Å². The van der Waals surface area contributed by atoms with Gasteiger partial charge in [0.2, 0.25) is 5.91 Å². The molecule has 1 fully saturated rings. The Kier molecular flexibility index (Phi) is 5.40. The van der Waals surface area contributed by atoms with Crippen LogP contribution in [0.5, 0.6) is 0 Å². The van der Waals surface area contributed by atoms with Gasteiger partial charge in [-0.2, -0.15) is 0 Å². The molecule has 1 N–H and O–H groups in total. The molecule has 5 rings (SSSR count). The lowest BCUT2D eigenvalue weighted by molar-refractivity contribution is -0.129. The van der Waals surface area contributed by atoms with Crippen molar-refractivity contribution in [2.45, 2.75) is 6.42 Å². The first kappa shape index (κ1) is 21.5. The Hall–Kier alpha value is -4.34. The number of rotatable bonds is 3. The summed E-state index contributed by atoms with van der Waals surface area (Å²) in [5.41, 5.74) is 1.96. The fourth-order valence-corrected chi connectivity index (χ4v) is 3.95. The molecule has 0 radical (unpaired) electrons. The Labute approximate surface area is 193 Å². The number of halogens is 1. The maximum Gasteiger partial charge on any atom is 0.258 e. The molecular formula is C24H21FN6O3. The second kappa shape index (κ2) is 8.54. The van der Waals surface area contributed by atoms with Crippen LogP contribution in [0.4, 0.5) is 4.39 Å². The molecule has 2 aromatic carbocycles. The Morgan fingerprint density at radius 2 is 1.82 bits per heavy atom. The Bertz CT molecular complexity index is 1460. The normalized spacial score (nSPS) is 14.5. The number of aromatic amines is 1.